The molecule has 1 rings (SSSR count). The molecule has 19 heavy (non-hydrogen) atoms. The van der Waals surface area contributed by atoms with E-state index in [1.54, 1.807) is 18.8 Å². The number of halogens is 2. The first kappa shape index (κ1) is 15.8. The van der Waals surface area contributed by atoms with Gasteiger partial charge in [0.05, 0.1) is 0 Å². The molecule has 6 heteroatoms. The molecule has 0 amide bonds. The van der Waals surface area contributed by atoms with Crippen molar-refractivity contribution in [2.45, 2.75) is 6.42 Å². The lowest BCUT2D eigenvalue weighted by Crippen LogP contribution is -2.39. The van der Waals surface area contributed by atoms with E-state index in [2.05, 4.69) is 15.6 Å². The molecule has 3 nitrogen and oxygen atoms in total. The Hall–Kier alpha value is -1.30. The third-order valence-electron chi connectivity index (χ3n) is 2.52. The minimum absolute atomic E-state index is 0.368. The molecule has 1 aromatic rings. The van der Waals surface area contributed by atoms with Gasteiger partial charge in [-0.1, -0.05) is 0 Å². The smallest absolute Gasteiger partial charge is 0.191 e. The Bertz CT molecular complexity index is 424. The number of hydrogen-bond donors (Lipinski definition) is 2. The van der Waals surface area contributed by atoms with Crippen molar-refractivity contribution in [1.29, 1.82) is 0 Å². The van der Waals surface area contributed by atoms with E-state index in [-0.39, 0.29) is 5.82 Å². The van der Waals surface area contributed by atoms with Gasteiger partial charge in [0.1, 0.15) is 11.6 Å². The van der Waals surface area contributed by atoms with Crippen LogP contribution in [0.2, 0.25) is 0 Å². The fraction of sp³-hybridized carbons (Fsp3) is 0.462. The maximum Gasteiger partial charge on any atom is 0.191 e. The number of nitrogens with one attached hydrogen (secondary N) is 2. The largest absolute Gasteiger partial charge is 0.356 e. The summed E-state index contributed by atoms with van der Waals surface area (Å²) < 4.78 is 26.4. The van der Waals surface area contributed by atoms with Crippen LogP contribution in [0.5, 0.6) is 0 Å². The van der Waals surface area contributed by atoms with Gasteiger partial charge in [0, 0.05) is 25.9 Å². The molecule has 0 radical (unpaired) electrons. The summed E-state index contributed by atoms with van der Waals surface area (Å²) in [6.07, 6.45) is 2.44. The average molecular weight is 287 g/mol. The van der Waals surface area contributed by atoms with Crippen LogP contribution in [0, 0.1) is 11.6 Å². The number of hydrogen-bond acceptors (Lipinski definition) is 2. The number of thioether (sulfide) groups is 1. The van der Waals surface area contributed by atoms with Gasteiger partial charge < -0.3 is 10.6 Å². The van der Waals surface area contributed by atoms with E-state index in [9.17, 15) is 8.78 Å². The summed E-state index contributed by atoms with van der Waals surface area (Å²) in [6.45, 7) is 1.31. The molecule has 0 aliphatic heterocycles. The first-order valence-electron chi connectivity index (χ1n) is 6.04. The summed E-state index contributed by atoms with van der Waals surface area (Å²) in [5, 5.41) is 6.20. The number of nitrogens with zero attached hydrogens (tertiary/aromatic N) is 1. The lowest BCUT2D eigenvalue weighted by Gasteiger charge is -2.11. The van der Waals surface area contributed by atoms with Gasteiger partial charge in [-0.2, -0.15) is 11.8 Å². The Morgan fingerprint density at radius 2 is 2.00 bits per heavy atom. The van der Waals surface area contributed by atoms with Crippen LogP contribution in [0.25, 0.3) is 0 Å². The Balaban J connectivity index is 2.38. The van der Waals surface area contributed by atoms with Crippen molar-refractivity contribution in [2.24, 2.45) is 4.99 Å². The Labute approximate surface area is 116 Å². The van der Waals surface area contributed by atoms with Gasteiger partial charge >= 0.3 is 0 Å². The van der Waals surface area contributed by atoms with Gasteiger partial charge in [-0.15, -0.1) is 0 Å². The van der Waals surface area contributed by atoms with Crippen LogP contribution in [0.1, 0.15) is 5.56 Å². The Morgan fingerprint density at radius 1 is 1.26 bits per heavy atom. The van der Waals surface area contributed by atoms with Gasteiger partial charge in [0.2, 0.25) is 0 Å². The summed E-state index contributed by atoms with van der Waals surface area (Å²) in [5.74, 6) is 0.859. The zero-order valence-electron chi connectivity index (χ0n) is 11.2. The number of guanidine groups is 1. The minimum atomic E-state index is -0.418. The van der Waals surface area contributed by atoms with Crippen LogP contribution >= 0.6 is 11.8 Å². The normalized spacial score (nSPS) is 11.5. The molecule has 0 aliphatic carbocycles. The zero-order valence-corrected chi connectivity index (χ0v) is 12.0. The second-order valence-corrected chi connectivity index (χ2v) is 4.89. The highest BCUT2D eigenvalue weighted by atomic mass is 32.2. The summed E-state index contributed by atoms with van der Waals surface area (Å²) in [7, 11) is 1.68. The van der Waals surface area contributed by atoms with E-state index >= 15 is 0 Å². The van der Waals surface area contributed by atoms with Gasteiger partial charge in [0.15, 0.2) is 5.96 Å². The van der Waals surface area contributed by atoms with Crippen molar-refractivity contribution >= 4 is 17.7 Å². The maximum absolute atomic E-state index is 13.4. The summed E-state index contributed by atoms with van der Waals surface area (Å²) >= 11 is 1.74. The molecule has 0 atom stereocenters. The molecular formula is C13H19F2N3S. The molecule has 0 heterocycles. The van der Waals surface area contributed by atoms with Crippen LogP contribution in [-0.4, -0.2) is 38.1 Å². The van der Waals surface area contributed by atoms with Crippen LogP contribution < -0.4 is 10.6 Å². The molecule has 0 fully saturated rings. The number of rotatable bonds is 6. The van der Waals surface area contributed by atoms with E-state index in [0.717, 1.165) is 24.4 Å². The fourth-order valence-corrected chi connectivity index (χ4v) is 1.85. The zero-order chi connectivity index (χ0) is 14.1. The van der Waals surface area contributed by atoms with Gasteiger partial charge in [-0.25, -0.2) is 8.78 Å². The Morgan fingerprint density at radius 3 is 2.68 bits per heavy atom. The second-order valence-electron chi connectivity index (χ2n) is 3.90. The molecular weight excluding hydrogens is 268 g/mol. The molecule has 0 aromatic heterocycles. The summed E-state index contributed by atoms with van der Waals surface area (Å²) in [4.78, 5) is 4.05. The lowest BCUT2D eigenvalue weighted by atomic mass is 10.1. The SMILES string of the molecule is CN=C(NCCSC)NCCc1cc(F)ccc1F. The topological polar surface area (TPSA) is 36.4 Å². The maximum atomic E-state index is 13.4. The molecule has 0 bridgehead atoms. The van der Waals surface area contributed by atoms with Crippen molar-refractivity contribution in [1.82, 2.24) is 10.6 Å². The third-order valence-corrected chi connectivity index (χ3v) is 3.13. The van der Waals surface area contributed by atoms with E-state index in [1.165, 1.54) is 6.07 Å². The van der Waals surface area contributed by atoms with Gasteiger partial charge in [-0.05, 0) is 36.4 Å². The summed E-state index contributed by atoms with van der Waals surface area (Å²) in [5.41, 5.74) is 0.368. The molecule has 106 valence electrons. The van der Waals surface area contributed by atoms with Crippen molar-refractivity contribution in [2.75, 3.05) is 32.1 Å². The van der Waals surface area contributed by atoms with E-state index in [4.69, 9.17) is 0 Å². The predicted octanol–water partition coefficient (Wildman–Crippen LogP) is 2.04. The number of aliphatic imine (C=N–C) groups is 1. The Kier molecular flexibility index (Phi) is 7.25. The highest BCUT2D eigenvalue weighted by Gasteiger charge is 2.04. The van der Waals surface area contributed by atoms with Crippen molar-refractivity contribution < 1.29 is 8.78 Å². The molecule has 0 unspecified atom stereocenters. The van der Waals surface area contributed by atoms with E-state index < -0.39 is 5.82 Å². The molecule has 0 saturated heterocycles. The molecule has 0 saturated carbocycles. The monoisotopic (exact) mass is 287 g/mol. The van der Waals surface area contributed by atoms with Crippen LogP contribution in [0.15, 0.2) is 23.2 Å². The number of benzene rings is 1. The highest BCUT2D eigenvalue weighted by molar-refractivity contribution is 7.98. The van der Waals surface area contributed by atoms with Crippen LogP contribution in [0.4, 0.5) is 8.78 Å². The van der Waals surface area contributed by atoms with Crippen LogP contribution in [0.3, 0.4) is 0 Å². The summed E-state index contributed by atoms with van der Waals surface area (Å²) in [6, 6.07) is 3.49. The predicted molar refractivity (Wildman–Crippen MR) is 77.8 cm³/mol. The first-order valence-corrected chi connectivity index (χ1v) is 7.44. The third kappa shape index (κ3) is 5.92. The van der Waals surface area contributed by atoms with E-state index in [0.29, 0.717) is 24.5 Å². The van der Waals surface area contributed by atoms with Gasteiger partial charge in [0.25, 0.3) is 0 Å². The van der Waals surface area contributed by atoms with Crippen molar-refractivity contribution in [3.63, 3.8) is 0 Å². The van der Waals surface area contributed by atoms with Crippen molar-refractivity contribution in [3.8, 4) is 0 Å². The van der Waals surface area contributed by atoms with Crippen LogP contribution in [-0.2, 0) is 6.42 Å². The highest BCUT2D eigenvalue weighted by Crippen LogP contribution is 2.09. The quantitative estimate of drug-likeness (QED) is 0.477. The van der Waals surface area contributed by atoms with E-state index in [1.807, 2.05) is 6.26 Å². The lowest BCUT2D eigenvalue weighted by molar-refractivity contribution is 0.583. The minimum Gasteiger partial charge on any atom is -0.356 e. The molecule has 0 aliphatic rings. The van der Waals surface area contributed by atoms with Gasteiger partial charge in [-0.3, -0.25) is 4.99 Å². The molecule has 1 aromatic carbocycles. The molecule has 2 N–H and O–H groups in total. The standard InChI is InChI=1S/C13H19F2N3S/c1-16-13(18-7-8-19-2)17-6-5-10-9-11(14)3-4-12(10)15/h3-4,9H,5-8H2,1-2H3,(H2,16,17,18). The molecule has 0 spiro atoms. The first-order chi connectivity index (χ1) is 9.17. The fourth-order valence-electron chi connectivity index (χ4n) is 1.54. The van der Waals surface area contributed by atoms with Crippen molar-refractivity contribution in [3.05, 3.63) is 35.4 Å². The second kappa shape index (κ2) is 8.74. The average Bonchev–Trinajstić information content (AvgIpc) is 2.41.